The summed E-state index contributed by atoms with van der Waals surface area (Å²) in [7, 11) is 0. The number of nitrogens with zero attached hydrogens (tertiary/aromatic N) is 5. The van der Waals surface area contributed by atoms with Gasteiger partial charge in [0.1, 0.15) is 5.69 Å². The van der Waals surface area contributed by atoms with E-state index in [4.69, 9.17) is 10.1 Å². The van der Waals surface area contributed by atoms with Crippen LogP contribution in [0.3, 0.4) is 0 Å². The molecule has 0 bridgehead atoms. The van der Waals surface area contributed by atoms with E-state index >= 15 is 0 Å². The Morgan fingerprint density at radius 2 is 2.14 bits per heavy atom. The first-order chi connectivity index (χ1) is 13.7. The van der Waals surface area contributed by atoms with Gasteiger partial charge in [0, 0.05) is 41.0 Å². The molecule has 4 aromatic heterocycles. The lowest BCUT2D eigenvalue weighted by atomic mass is 9.97. The Morgan fingerprint density at radius 1 is 1.21 bits per heavy atom. The van der Waals surface area contributed by atoms with E-state index in [1.54, 1.807) is 11.3 Å². The van der Waals surface area contributed by atoms with Gasteiger partial charge in [-0.25, -0.2) is 14.5 Å². The average Bonchev–Trinajstić information content (AvgIpc) is 3.47. The molecule has 1 aliphatic rings. The van der Waals surface area contributed by atoms with E-state index in [0.717, 1.165) is 41.4 Å². The topological polar surface area (TPSA) is 63.4 Å². The summed E-state index contributed by atoms with van der Waals surface area (Å²) < 4.78 is 1.86. The summed E-state index contributed by atoms with van der Waals surface area (Å²) in [4.78, 5) is 25.0. The van der Waals surface area contributed by atoms with Crippen LogP contribution in [-0.2, 0) is 0 Å². The van der Waals surface area contributed by atoms with E-state index in [0.29, 0.717) is 12.2 Å². The quantitative estimate of drug-likeness (QED) is 0.508. The van der Waals surface area contributed by atoms with Gasteiger partial charge in [0.05, 0.1) is 5.01 Å². The molecule has 1 fully saturated rings. The molecule has 6 nitrogen and oxygen atoms in total. The number of carbonyl (C=O) groups excluding carboxylic acids is 1. The van der Waals surface area contributed by atoms with Crippen LogP contribution in [0.5, 0.6) is 0 Å². The summed E-state index contributed by atoms with van der Waals surface area (Å²) in [6, 6.07) is 8.25. The van der Waals surface area contributed by atoms with Gasteiger partial charge in [-0.3, -0.25) is 4.79 Å². The van der Waals surface area contributed by atoms with Crippen molar-refractivity contribution >= 4 is 34.2 Å². The third kappa shape index (κ3) is 3.22. The Bertz CT molecular complexity index is 1130. The fourth-order valence-corrected chi connectivity index (χ4v) is 4.96. The standard InChI is InChI=1S/C20H19N5OS2/c1-13-21-16(12-28-13)20(26)24-8-2-4-15(10-24)19-22-18-7-6-14(11-25(18)23-19)17-5-3-9-27-17/h3,5-7,9,11-12,15H,2,4,8,10H2,1H3. The van der Waals surface area contributed by atoms with Crippen molar-refractivity contribution in [1.82, 2.24) is 24.5 Å². The fourth-order valence-electron chi connectivity index (χ4n) is 3.66. The van der Waals surface area contributed by atoms with Gasteiger partial charge in [0.15, 0.2) is 11.5 Å². The number of amides is 1. The molecular weight excluding hydrogens is 390 g/mol. The molecule has 1 unspecified atom stereocenters. The lowest BCUT2D eigenvalue weighted by molar-refractivity contribution is 0.0699. The number of thiazole rings is 1. The number of hydrogen-bond donors (Lipinski definition) is 0. The average molecular weight is 410 g/mol. The maximum atomic E-state index is 12.8. The van der Waals surface area contributed by atoms with Gasteiger partial charge in [-0.15, -0.1) is 22.7 Å². The number of fused-ring (bicyclic) bond motifs is 1. The van der Waals surface area contributed by atoms with Crippen LogP contribution < -0.4 is 0 Å². The molecule has 1 atom stereocenters. The second kappa shape index (κ2) is 7.10. The molecule has 1 aliphatic heterocycles. The lowest BCUT2D eigenvalue weighted by Crippen LogP contribution is -2.39. The monoisotopic (exact) mass is 409 g/mol. The highest BCUT2D eigenvalue weighted by atomic mass is 32.1. The fraction of sp³-hybridized carbons (Fsp3) is 0.300. The van der Waals surface area contributed by atoms with E-state index in [1.165, 1.54) is 16.2 Å². The molecule has 0 aliphatic carbocycles. The first-order valence-corrected chi connectivity index (χ1v) is 11.0. The zero-order chi connectivity index (χ0) is 19.1. The molecule has 5 heterocycles. The van der Waals surface area contributed by atoms with Gasteiger partial charge < -0.3 is 4.90 Å². The smallest absolute Gasteiger partial charge is 0.273 e. The molecule has 1 saturated heterocycles. The normalized spacial score (nSPS) is 17.3. The van der Waals surface area contributed by atoms with Crippen molar-refractivity contribution in [3.05, 3.63) is 57.7 Å². The molecule has 0 N–H and O–H groups in total. The summed E-state index contributed by atoms with van der Waals surface area (Å²) in [6.45, 7) is 3.33. The minimum Gasteiger partial charge on any atom is -0.337 e. The van der Waals surface area contributed by atoms with Crippen LogP contribution in [0.4, 0.5) is 0 Å². The van der Waals surface area contributed by atoms with Gasteiger partial charge in [-0.05, 0) is 43.3 Å². The van der Waals surface area contributed by atoms with Crippen molar-refractivity contribution in [3.8, 4) is 10.4 Å². The summed E-state index contributed by atoms with van der Waals surface area (Å²) in [5, 5.41) is 9.57. The van der Waals surface area contributed by atoms with Crippen LogP contribution in [0.15, 0.2) is 41.2 Å². The Morgan fingerprint density at radius 3 is 2.93 bits per heavy atom. The Kier molecular flexibility index (Phi) is 4.44. The molecule has 0 spiro atoms. The number of piperidine rings is 1. The number of hydrogen-bond acceptors (Lipinski definition) is 6. The molecule has 8 heteroatoms. The van der Waals surface area contributed by atoms with Crippen molar-refractivity contribution in [1.29, 1.82) is 0 Å². The molecular formula is C20H19N5OS2. The van der Waals surface area contributed by atoms with Gasteiger partial charge in [-0.1, -0.05) is 6.07 Å². The highest BCUT2D eigenvalue weighted by Crippen LogP contribution is 2.28. The predicted octanol–water partition coefficient (Wildman–Crippen LogP) is 4.24. The SMILES string of the molecule is Cc1nc(C(=O)N2CCCC(c3nc4ccc(-c5cccs5)cn4n3)C2)cs1. The minimum absolute atomic E-state index is 0.0118. The summed E-state index contributed by atoms with van der Waals surface area (Å²) in [5.41, 5.74) is 2.53. The maximum Gasteiger partial charge on any atom is 0.273 e. The maximum absolute atomic E-state index is 12.8. The minimum atomic E-state index is 0.0118. The van der Waals surface area contributed by atoms with E-state index < -0.39 is 0 Å². The van der Waals surface area contributed by atoms with Gasteiger partial charge in [0.2, 0.25) is 0 Å². The first-order valence-electron chi connectivity index (χ1n) is 9.29. The Labute approximate surface area is 170 Å². The number of aromatic nitrogens is 4. The molecule has 28 heavy (non-hydrogen) atoms. The number of aryl methyl sites for hydroxylation is 1. The van der Waals surface area contributed by atoms with Crippen molar-refractivity contribution in [3.63, 3.8) is 0 Å². The molecule has 0 saturated carbocycles. The second-order valence-corrected chi connectivity index (χ2v) is 9.02. The highest BCUT2D eigenvalue weighted by Gasteiger charge is 2.29. The third-order valence-electron chi connectivity index (χ3n) is 5.06. The number of rotatable bonds is 3. The molecule has 1 amide bonds. The van der Waals surface area contributed by atoms with Crippen LogP contribution in [0, 0.1) is 6.92 Å². The molecule has 142 valence electrons. The third-order valence-corrected chi connectivity index (χ3v) is 6.76. The zero-order valence-corrected chi connectivity index (χ0v) is 17.0. The van der Waals surface area contributed by atoms with Crippen LogP contribution in [-0.4, -0.2) is 43.5 Å². The van der Waals surface area contributed by atoms with Crippen LogP contribution in [0.1, 0.15) is 40.1 Å². The van der Waals surface area contributed by atoms with E-state index in [9.17, 15) is 4.79 Å². The van der Waals surface area contributed by atoms with E-state index in [2.05, 4.69) is 28.6 Å². The summed E-state index contributed by atoms with van der Waals surface area (Å²) in [6.07, 6.45) is 3.98. The van der Waals surface area contributed by atoms with E-state index in [-0.39, 0.29) is 11.8 Å². The largest absolute Gasteiger partial charge is 0.337 e. The van der Waals surface area contributed by atoms with Gasteiger partial charge in [0.25, 0.3) is 5.91 Å². The second-order valence-electron chi connectivity index (χ2n) is 7.01. The number of carbonyl (C=O) groups is 1. The number of pyridine rings is 1. The molecule has 0 aromatic carbocycles. The van der Waals surface area contributed by atoms with Gasteiger partial charge in [-0.2, -0.15) is 5.10 Å². The first kappa shape index (κ1) is 17.5. The summed E-state index contributed by atoms with van der Waals surface area (Å²) >= 11 is 3.22. The molecule has 5 rings (SSSR count). The van der Waals surface area contributed by atoms with Crippen molar-refractivity contribution in [2.75, 3.05) is 13.1 Å². The zero-order valence-electron chi connectivity index (χ0n) is 15.4. The predicted molar refractivity (Wildman–Crippen MR) is 111 cm³/mol. The van der Waals surface area contributed by atoms with Crippen molar-refractivity contribution in [2.24, 2.45) is 0 Å². The van der Waals surface area contributed by atoms with Crippen LogP contribution in [0.25, 0.3) is 16.1 Å². The molecule has 0 radical (unpaired) electrons. The van der Waals surface area contributed by atoms with Crippen molar-refractivity contribution in [2.45, 2.75) is 25.7 Å². The van der Waals surface area contributed by atoms with Crippen LogP contribution >= 0.6 is 22.7 Å². The Hall–Kier alpha value is -2.58. The lowest BCUT2D eigenvalue weighted by Gasteiger charge is -2.30. The van der Waals surface area contributed by atoms with Crippen molar-refractivity contribution < 1.29 is 4.79 Å². The summed E-state index contributed by atoms with van der Waals surface area (Å²) in [5.74, 6) is 0.982. The van der Waals surface area contributed by atoms with Crippen LogP contribution in [0.2, 0.25) is 0 Å². The van der Waals surface area contributed by atoms with Gasteiger partial charge >= 0.3 is 0 Å². The number of likely N-dealkylation sites (tertiary alicyclic amines) is 1. The van der Waals surface area contributed by atoms with E-state index in [1.807, 2.05) is 34.0 Å². The highest BCUT2D eigenvalue weighted by molar-refractivity contribution is 7.13. The number of thiophene rings is 1. The molecule has 4 aromatic rings. The Balaban J connectivity index is 1.39.